The summed E-state index contributed by atoms with van der Waals surface area (Å²) in [6.45, 7) is 3.91. The van der Waals surface area contributed by atoms with Crippen molar-refractivity contribution in [2.45, 2.75) is 38.9 Å². The highest BCUT2D eigenvalue weighted by atomic mass is 35.5. The Hall–Kier alpha value is -1.83. The third kappa shape index (κ3) is 3.63. The zero-order valence-corrected chi connectivity index (χ0v) is 13.9. The summed E-state index contributed by atoms with van der Waals surface area (Å²) in [5, 5.41) is 1.55. The molecule has 0 radical (unpaired) electrons. The third-order valence-electron chi connectivity index (χ3n) is 3.92. The lowest BCUT2D eigenvalue weighted by Gasteiger charge is -2.30. The number of nitrogens with one attached hydrogen (secondary N) is 1. The highest BCUT2D eigenvalue weighted by molar-refractivity contribution is 6.30. The van der Waals surface area contributed by atoms with Gasteiger partial charge in [-0.2, -0.15) is 13.2 Å². The molecule has 0 saturated carbocycles. The van der Waals surface area contributed by atoms with Crippen LogP contribution in [-0.4, -0.2) is 29.4 Å². The maximum absolute atomic E-state index is 12.8. The molecule has 9 heteroatoms. The minimum Gasteiger partial charge on any atom is -0.344 e. The van der Waals surface area contributed by atoms with Crippen LogP contribution in [0.2, 0.25) is 5.15 Å². The van der Waals surface area contributed by atoms with Crippen LogP contribution in [0.1, 0.15) is 32.3 Å². The number of unbranched alkanes of at least 4 members (excludes halogenated alkanes) is 1. The average molecular weight is 364 g/mol. The summed E-state index contributed by atoms with van der Waals surface area (Å²) in [6.07, 6.45) is -3.11. The minimum atomic E-state index is -4.61. The summed E-state index contributed by atoms with van der Waals surface area (Å²) >= 11 is 5.68. The quantitative estimate of drug-likeness (QED) is 0.645. The number of amides is 2. The van der Waals surface area contributed by atoms with E-state index in [9.17, 15) is 22.8 Å². The van der Waals surface area contributed by atoms with Gasteiger partial charge < -0.3 is 4.90 Å². The highest BCUT2D eigenvalue weighted by Crippen LogP contribution is 2.35. The van der Waals surface area contributed by atoms with Gasteiger partial charge in [0.1, 0.15) is 17.0 Å². The summed E-state index contributed by atoms with van der Waals surface area (Å²) < 4.78 is 38.4. The number of hydrogen-bond donors (Lipinski definition) is 1. The average Bonchev–Trinajstić information content (AvgIpc) is 2.72. The van der Waals surface area contributed by atoms with Crippen molar-refractivity contribution < 1.29 is 22.8 Å². The lowest BCUT2D eigenvalue weighted by molar-refractivity contribution is -0.137. The van der Waals surface area contributed by atoms with E-state index in [4.69, 9.17) is 11.6 Å². The first-order valence-corrected chi connectivity index (χ1v) is 7.89. The van der Waals surface area contributed by atoms with Gasteiger partial charge in [-0.05, 0) is 18.6 Å². The van der Waals surface area contributed by atoms with Gasteiger partial charge in [0, 0.05) is 6.54 Å². The van der Waals surface area contributed by atoms with Crippen molar-refractivity contribution in [3.63, 3.8) is 0 Å². The molecule has 0 spiro atoms. The normalized spacial score (nSPS) is 21.1. The maximum atomic E-state index is 12.8. The highest BCUT2D eigenvalue weighted by Gasteiger charge is 2.43. The Morgan fingerprint density at radius 3 is 2.42 bits per heavy atom. The van der Waals surface area contributed by atoms with E-state index in [2.05, 4.69) is 10.3 Å². The molecule has 5 nitrogen and oxygen atoms in total. The molecule has 0 aliphatic carbocycles. The number of imide groups is 1. The van der Waals surface area contributed by atoms with Crippen LogP contribution >= 0.6 is 11.6 Å². The van der Waals surface area contributed by atoms with Gasteiger partial charge in [0.05, 0.1) is 11.5 Å². The van der Waals surface area contributed by atoms with Crippen LogP contribution in [0, 0.1) is 5.92 Å². The zero-order valence-electron chi connectivity index (χ0n) is 13.2. The molecule has 1 aromatic rings. The van der Waals surface area contributed by atoms with E-state index in [1.807, 2.05) is 6.92 Å². The Kier molecular flexibility index (Phi) is 5.37. The fraction of sp³-hybridized carbons (Fsp3) is 0.533. The number of halogens is 4. The molecule has 2 atom stereocenters. The Morgan fingerprint density at radius 1 is 1.29 bits per heavy atom. The summed E-state index contributed by atoms with van der Waals surface area (Å²) in [5.74, 6) is -1.38. The molecule has 132 valence electrons. The number of nitrogens with zero attached hydrogens (tertiary/aromatic N) is 2. The number of carbonyl (C=O) groups excluding carboxylic acids is 2. The van der Waals surface area contributed by atoms with Crippen LogP contribution in [0.5, 0.6) is 0 Å². The van der Waals surface area contributed by atoms with Crippen molar-refractivity contribution in [3.8, 4) is 0 Å². The molecule has 1 aliphatic rings. The van der Waals surface area contributed by atoms with Crippen molar-refractivity contribution in [2.24, 2.45) is 5.92 Å². The first kappa shape index (κ1) is 18.5. The van der Waals surface area contributed by atoms with E-state index in [1.165, 1.54) is 6.07 Å². The van der Waals surface area contributed by atoms with Crippen molar-refractivity contribution in [1.29, 1.82) is 0 Å². The van der Waals surface area contributed by atoms with Gasteiger partial charge in [0.2, 0.25) is 11.8 Å². The molecule has 2 unspecified atom stereocenters. The Labute approximate surface area is 142 Å². The van der Waals surface area contributed by atoms with Crippen LogP contribution in [0.4, 0.5) is 19.0 Å². The summed E-state index contributed by atoms with van der Waals surface area (Å²) in [4.78, 5) is 29.1. The van der Waals surface area contributed by atoms with Crippen LogP contribution < -0.4 is 10.2 Å². The predicted molar refractivity (Wildman–Crippen MR) is 82.6 cm³/mol. The van der Waals surface area contributed by atoms with Crippen LogP contribution in [0.25, 0.3) is 0 Å². The van der Waals surface area contributed by atoms with Gasteiger partial charge in [-0.25, -0.2) is 4.98 Å². The van der Waals surface area contributed by atoms with E-state index in [-0.39, 0.29) is 5.82 Å². The zero-order chi connectivity index (χ0) is 18.1. The Morgan fingerprint density at radius 2 is 1.96 bits per heavy atom. The van der Waals surface area contributed by atoms with E-state index in [0.717, 1.165) is 12.5 Å². The molecular weight excluding hydrogens is 347 g/mol. The van der Waals surface area contributed by atoms with Gasteiger partial charge in [-0.1, -0.05) is 31.9 Å². The molecular formula is C15H17ClF3N3O2. The second kappa shape index (κ2) is 6.96. The number of carbonyl (C=O) groups is 2. The topological polar surface area (TPSA) is 62.3 Å². The smallest absolute Gasteiger partial charge is 0.344 e. The van der Waals surface area contributed by atoms with E-state index in [0.29, 0.717) is 13.0 Å². The molecule has 2 heterocycles. The van der Waals surface area contributed by atoms with Crippen LogP contribution in [-0.2, 0) is 15.8 Å². The number of alkyl halides is 3. The summed E-state index contributed by atoms with van der Waals surface area (Å²) in [5.41, 5.74) is -1.04. The van der Waals surface area contributed by atoms with Gasteiger partial charge in [0.15, 0.2) is 0 Å². The maximum Gasteiger partial charge on any atom is 0.419 e. The molecule has 0 aromatic carbocycles. The predicted octanol–water partition coefficient (Wildman–Crippen LogP) is 3.02. The molecule has 1 aromatic heterocycles. The van der Waals surface area contributed by atoms with Gasteiger partial charge in [-0.3, -0.25) is 14.9 Å². The van der Waals surface area contributed by atoms with E-state index < -0.39 is 40.7 Å². The molecule has 0 bridgehead atoms. The molecule has 1 N–H and O–H groups in total. The number of pyridine rings is 1. The molecule has 2 amide bonds. The molecule has 24 heavy (non-hydrogen) atoms. The van der Waals surface area contributed by atoms with Crippen LogP contribution in [0.15, 0.2) is 12.1 Å². The van der Waals surface area contributed by atoms with Crippen molar-refractivity contribution >= 4 is 29.2 Å². The molecule has 2 rings (SSSR count). The van der Waals surface area contributed by atoms with Gasteiger partial charge in [0.25, 0.3) is 0 Å². The van der Waals surface area contributed by atoms with E-state index >= 15 is 0 Å². The fourth-order valence-electron chi connectivity index (χ4n) is 2.61. The van der Waals surface area contributed by atoms with E-state index in [1.54, 1.807) is 11.8 Å². The fourth-order valence-corrected chi connectivity index (χ4v) is 2.87. The molecule has 1 saturated heterocycles. The summed E-state index contributed by atoms with van der Waals surface area (Å²) in [7, 11) is 0. The third-order valence-corrected chi connectivity index (χ3v) is 4.21. The monoisotopic (exact) mass is 363 g/mol. The van der Waals surface area contributed by atoms with Crippen molar-refractivity contribution in [2.75, 3.05) is 11.4 Å². The van der Waals surface area contributed by atoms with Crippen molar-refractivity contribution in [1.82, 2.24) is 10.3 Å². The second-order valence-corrected chi connectivity index (χ2v) is 6.00. The molecule has 1 fully saturated rings. The SMILES string of the molecule is CCCCN(c1ccc(C(F)(F)F)c(Cl)n1)C1C(=O)NC(=O)C1C. The molecule has 1 aliphatic heterocycles. The van der Waals surface area contributed by atoms with Gasteiger partial charge >= 0.3 is 6.18 Å². The van der Waals surface area contributed by atoms with Gasteiger partial charge in [-0.15, -0.1) is 0 Å². The standard InChI is InChI=1S/C15H17ClF3N3O2/c1-3-4-7-22(11-8(2)13(23)21-14(11)24)10-6-5-9(12(16)20-10)15(17,18)19/h5-6,8,11H,3-4,7H2,1-2H3,(H,21,23,24). The van der Waals surface area contributed by atoms with Crippen LogP contribution in [0.3, 0.4) is 0 Å². The Balaban J connectivity index is 2.40. The first-order valence-electron chi connectivity index (χ1n) is 7.52. The largest absolute Gasteiger partial charge is 0.419 e. The Bertz CT molecular complexity index is 651. The van der Waals surface area contributed by atoms with Crippen molar-refractivity contribution in [3.05, 3.63) is 22.8 Å². The lowest BCUT2D eigenvalue weighted by Crippen LogP contribution is -2.44. The first-order chi connectivity index (χ1) is 11.2. The second-order valence-electron chi connectivity index (χ2n) is 5.64. The lowest BCUT2D eigenvalue weighted by atomic mass is 10.0. The number of hydrogen-bond acceptors (Lipinski definition) is 4. The number of anilines is 1. The number of rotatable bonds is 5. The minimum absolute atomic E-state index is 0.142. The summed E-state index contributed by atoms with van der Waals surface area (Å²) in [6, 6.07) is 1.19. The number of aromatic nitrogens is 1.